The van der Waals surface area contributed by atoms with Crippen LogP contribution in [-0.4, -0.2) is 14.2 Å². The SMILES string of the molecule is CCC[C@@H](C)c1cc(Cl)ccc1S(=O)(=O)N(SCC)c1cc(Cl)ccc1Cl. The van der Waals surface area contributed by atoms with Crippen LogP contribution in [0.25, 0.3) is 0 Å². The van der Waals surface area contributed by atoms with E-state index in [4.69, 9.17) is 34.8 Å². The summed E-state index contributed by atoms with van der Waals surface area (Å²) in [7, 11) is -3.87. The molecule has 27 heavy (non-hydrogen) atoms. The molecule has 0 spiro atoms. The molecule has 0 amide bonds. The van der Waals surface area contributed by atoms with Crippen LogP contribution in [0.1, 0.15) is 45.1 Å². The molecule has 0 aromatic heterocycles. The Balaban J connectivity index is 2.65. The maximum absolute atomic E-state index is 13.6. The van der Waals surface area contributed by atoms with Crippen molar-refractivity contribution in [2.75, 3.05) is 9.46 Å². The Hall–Kier alpha value is -0.590. The highest BCUT2D eigenvalue weighted by Crippen LogP contribution is 2.40. The number of anilines is 1. The van der Waals surface area contributed by atoms with Crippen molar-refractivity contribution in [3.05, 3.63) is 57.0 Å². The molecule has 2 aromatic carbocycles. The zero-order valence-corrected chi connectivity index (χ0v) is 19.3. The van der Waals surface area contributed by atoms with Crippen LogP contribution in [0, 0.1) is 0 Å². The topological polar surface area (TPSA) is 37.4 Å². The molecule has 2 rings (SSSR count). The van der Waals surface area contributed by atoms with E-state index in [9.17, 15) is 8.42 Å². The van der Waals surface area contributed by atoms with Crippen LogP contribution in [0.5, 0.6) is 0 Å². The van der Waals surface area contributed by atoms with Crippen LogP contribution in [0.4, 0.5) is 5.69 Å². The third-order valence-corrected chi connectivity index (χ3v) is 8.02. The van der Waals surface area contributed by atoms with Gasteiger partial charge in [0.25, 0.3) is 10.0 Å². The van der Waals surface area contributed by atoms with Gasteiger partial charge in [-0.25, -0.2) is 12.1 Å². The highest BCUT2D eigenvalue weighted by Gasteiger charge is 2.30. The maximum Gasteiger partial charge on any atom is 0.274 e. The Labute approximate surface area is 181 Å². The molecule has 0 N–H and O–H groups in total. The van der Waals surface area contributed by atoms with Gasteiger partial charge >= 0.3 is 0 Å². The molecule has 1 atom stereocenters. The highest BCUT2D eigenvalue weighted by atomic mass is 35.5. The largest absolute Gasteiger partial charge is 0.274 e. The molecule has 0 fully saturated rings. The molecule has 0 radical (unpaired) electrons. The first-order valence-electron chi connectivity index (χ1n) is 8.65. The number of benzene rings is 2. The van der Waals surface area contributed by atoms with Crippen LogP contribution < -0.4 is 3.71 Å². The van der Waals surface area contributed by atoms with Gasteiger partial charge in [0.1, 0.15) is 0 Å². The van der Waals surface area contributed by atoms with Crippen molar-refractivity contribution < 1.29 is 8.42 Å². The lowest BCUT2D eigenvalue weighted by molar-refractivity contribution is 0.592. The molecular weight excluding hydrogens is 445 g/mol. The van der Waals surface area contributed by atoms with Crippen LogP contribution in [0.2, 0.25) is 15.1 Å². The molecule has 0 heterocycles. The molecule has 0 saturated carbocycles. The van der Waals surface area contributed by atoms with E-state index >= 15 is 0 Å². The van der Waals surface area contributed by atoms with Crippen LogP contribution in [0.3, 0.4) is 0 Å². The van der Waals surface area contributed by atoms with Gasteiger partial charge in [-0.2, -0.15) is 0 Å². The van der Waals surface area contributed by atoms with Gasteiger partial charge in [-0.3, -0.25) is 0 Å². The lowest BCUT2D eigenvalue weighted by Gasteiger charge is -2.26. The second-order valence-electron chi connectivity index (χ2n) is 6.12. The van der Waals surface area contributed by atoms with Crippen molar-refractivity contribution in [1.29, 1.82) is 0 Å². The van der Waals surface area contributed by atoms with Gasteiger partial charge in [-0.05, 0) is 66.2 Å². The normalized spacial score (nSPS) is 12.8. The van der Waals surface area contributed by atoms with Crippen molar-refractivity contribution in [2.24, 2.45) is 0 Å². The molecule has 0 unspecified atom stereocenters. The Morgan fingerprint density at radius 1 is 1.04 bits per heavy atom. The summed E-state index contributed by atoms with van der Waals surface area (Å²) in [4.78, 5) is 0.241. The summed E-state index contributed by atoms with van der Waals surface area (Å²) in [6.07, 6.45) is 1.81. The minimum absolute atomic E-state index is 0.0572. The summed E-state index contributed by atoms with van der Waals surface area (Å²) in [5.74, 6) is 0.608. The van der Waals surface area contributed by atoms with E-state index in [0.717, 1.165) is 24.8 Å². The van der Waals surface area contributed by atoms with Gasteiger partial charge in [0, 0.05) is 15.8 Å². The third kappa shape index (κ3) is 5.27. The van der Waals surface area contributed by atoms with E-state index in [1.165, 1.54) is 3.71 Å². The summed E-state index contributed by atoms with van der Waals surface area (Å²) in [6.45, 7) is 5.96. The third-order valence-electron chi connectivity index (χ3n) is 4.07. The summed E-state index contributed by atoms with van der Waals surface area (Å²) < 4.78 is 28.4. The van der Waals surface area contributed by atoms with Crippen LogP contribution in [0.15, 0.2) is 41.3 Å². The van der Waals surface area contributed by atoms with Crippen molar-refractivity contribution in [2.45, 2.75) is 44.4 Å². The number of rotatable bonds is 8. The number of halogens is 3. The summed E-state index contributed by atoms with van der Waals surface area (Å²) in [5.41, 5.74) is 1.06. The van der Waals surface area contributed by atoms with E-state index in [1.807, 2.05) is 13.8 Å². The zero-order valence-electron chi connectivity index (χ0n) is 15.4. The van der Waals surface area contributed by atoms with E-state index < -0.39 is 10.0 Å². The second kappa shape index (κ2) is 9.75. The highest BCUT2D eigenvalue weighted by molar-refractivity contribution is 8.14. The van der Waals surface area contributed by atoms with Crippen LogP contribution in [-0.2, 0) is 10.0 Å². The van der Waals surface area contributed by atoms with E-state index in [0.29, 0.717) is 32.1 Å². The first kappa shape index (κ1) is 22.7. The van der Waals surface area contributed by atoms with E-state index in [1.54, 1.807) is 36.4 Å². The smallest absolute Gasteiger partial charge is 0.206 e. The monoisotopic (exact) mass is 465 g/mol. The summed E-state index contributed by atoms with van der Waals surface area (Å²) >= 11 is 19.7. The minimum Gasteiger partial charge on any atom is -0.206 e. The molecule has 0 aliphatic heterocycles. The fourth-order valence-electron chi connectivity index (χ4n) is 2.83. The van der Waals surface area contributed by atoms with Gasteiger partial charge in [0.15, 0.2) is 0 Å². The molecule has 0 saturated heterocycles. The Bertz CT molecular complexity index is 904. The van der Waals surface area contributed by atoms with Crippen molar-refractivity contribution in [3.8, 4) is 0 Å². The quantitative estimate of drug-likeness (QED) is 0.380. The molecule has 0 aliphatic carbocycles. The number of sulfonamides is 1. The Morgan fingerprint density at radius 2 is 1.67 bits per heavy atom. The van der Waals surface area contributed by atoms with Gasteiger partial charge in [-0.1, -0.05) is 62.0 Å². The predicted molar refractivity (Wildman–Crippen MR) is 119 cm³/mol. The summed E-state index contributed by atoms with van der Waals surface area (Å²) in [6, 6.07) is 9.70. The Morgan fingerprint density at radius 3 is 2.30 bits per heavy atom. The van der Waals surface area contributed by atoms with E-state index in [2.05, 4.69) is 6.92 Å². The maximum atomic E-state index is 13.6. The number of hydrogen-bond donors (Lipinski definition) is 0. The van der Waals surface area contributed by atoms with Crippen LogP contribution >= 0.6 is 46.8 Å². The molecule has 3 nitrogen and oxygen atoms in total. The number of nitrogens with zero attached hydrogens (tertiary/aromatic N) is 1. The first-order valence-corrected chi connectivity index (χ1v) is 12.2. The standard InChI is InChI=1S/C19H22Cl3NO2S2/c1-4-6-13(3)16-11-14(20)8-10-19(16)27(24,25)23(26-5-2)18-12-15(21)7-9-17(18)22/h7-13H,4-6H2,1-3H3/t13-/m1/s1. The fraction of sp³-hybridized carbons (Fsp3) is 0.368. The molecule has 2 aromatic rings. The molecule has 148 valence electrons. The van der Waals surface area contributed by atoms with Crippen molar-refractivity contribution in [1.82, 2.24) is 0 Å². The second-order valence-corrected chi connectivity index (χ2v) is 10.6. The summed E-state index contributed by atoms with van der Waals surface area (Å²) in [5, 5.41) is 1.26. The number of hydrogen-bond acceptors (Lipinski definition) is 3. The van der Waals surface area contributed by atoms with Gasteiger partial charge in [0.05, 0.1) is 15.6 Å². The van der Waals surface area contributed by atoms with Gasteiger partial charge < -0.3 is 0 Å². The molecule has 0 bridgehead atoms. The first-order chi connectivity index (χ1) is 12.7. The zero-order chi connectivity index (χ0) is 20.2. The fourth-order valence-corrected chi connectivity index (χ4v) is 6.50. The van der Waals surface area contributed by atoms with Gasteiger partial charge in [0.2, 0.25) is 0 Å². The minimum atomic E-state index is -3.87. The lowest BCUT2D eigenvalue weighted by atomic mass is 9.97. The molecule has 0 aliphatic rings. The van der Waals surface area contributed by atoms with Crippen molar-refractivity contribution in [3.63, 3.8) is 0 Å². The van der Waals surface area contributed by atoms with E-state index in [-0.39, 0.29) is 10.8 Å². The average Bonchev–Trinajstić information content (AvgIpc) is 2.61. The molecular formula is C19H22Cl3NO2S2. The van der Waals surface area contributed by atoms with Gasteiger partial charge in [-0.15, -0.1) is 0 Å². The average molecular weight is 467 g/mol. The Kier molecular flexibility index (Phi) is 8.19. The lowest BCUT2D eigenvalue weighted by Crippen LogP contribution is -2.26. The molecule has 8 heteroatoms. The van der Waals surface area contributed by atoms with Crippen molar-refractivity contribution >= 4 is 62.5 Å². The predicted octanol–water partition coefficient (Wildman–Crippen LogP) is 7.41.